The van der Waals surface area contributed by atoms with Gasteiger partial charge in [0.2, 0.25) is 0 Å². The Morgan fingerprint density at radius 3 is 2.60 bits per heavy atom. The molecule has 0 unspecified atom stereocenters. The van der Waals surface area contributed by atoms with Crippen molar-refractivity contribution in [2.75, 3.05) is 45.3 Å². The first-order chi connectivity index (χ1) is 20.4. The molecule has 0 spiro atoms. The molecule has 5 heterocycles. The van der Waals surface area contributed by atoms with Crippen molar-refractivity contribution >= 4 is 23.4 Å². The molecule has 0 radical (unpaired) electrons. The molecule has 2 aromatic heterocycles. The van der Waals surface area contributed by atoms with E-state index in [2.05, 4.69) is 37.3 Å². The summed E-state index contributed by atoms with van der Waals surface area (Å²) in [5.41, 5.74) is 7.81. The number of carbonyl (C=O) groups excluding carboxylic acids is 2. The van der Waals surface area contributed by atoms with E-state index in [0.717, 1.165) is 91.2 Å². The first-order valence-corrected chi connectivity index (χ1v) is 14.6. The predicted molar refractivity (Wildman–Crippen MR) is 158 cm³/mol. The Balaban J connectivity index is 1.43. The number of hydrogen-bond acceptors (Lipinski definition) is 7. The number of carbonyl (C=O) groups is 2. The standard InChI is InChI=1S/C31H36N8O3/c1-19-13-26(30(40)33-2)35-17-24(19)23-14-20-5-4-9-38(28(20)15-21(23)16-32)29-25-18-37(31(41)34-3)10-6-27(25)39(36-29)22-7-11-42-12-8-22/h13-15,17,22H,4-12,18H2,1-3H3,(H,33,40)(H,34,41). The first kappa shape index (κ1) is 27.7. The van der Waals surface area contributed by atoms with Gasteiger partial charge in [-0.2, -0.15) is 10.4 Å². The lowest BCUT2D eigenvalue weighted by atomic mass is 9.91. The molecule has 0 atom stereocenters. The summed E-state index contributed by atoms with van der Waals surface area (Å²) in [6.07, 6.45) is 6.06. The zero-order valence-electron chi connectivity index (χ0n) is 24.4. The number of fused-ring (bicyclic) bond motifs is 2. The highest BCUT2D eigenvalue weighted by Gasteiger charge is 2.34. The summed E-state index contributed by atoms with van der Waals surface area (Å²) in [6.45, 7) is 5.28. The van der Waals surface area contributed by atoms with Crippen LogP contribution in [0.5, 0.6) is 0 Å². The minimum atomic E-state index is -0.246. The molecule has 3 aromatic rings. The second kappa shape index (κ2) is 11.4. The van der Waals surface area contributed by atoms with Crippen molar-refractivity contribution in [3.05, 3.63) is 58.0 Å². The van der Waals surface area contributed by atoms with E-state index >= 15 is 0 Å². The Kier molecular flexibility index (Phi) is 7.56. The molecule has 1 fully saturated rings. The van der Waals surface area contributed by atoms with E-state index < -0.39 is 0 Å². The van der Waals surface area contributed by atoms with Crippen molar-refractivity contribution in [1.29, 1.82) is 5.26 Å². The minimum absolute atomic E-state index is 0.0905. The summed E-state index contributed by atoms with van der Waals surface area (Å²) >= 11 is 0. The van der Waals surface area contributed by atoms with Gasteiger partial charge in [0, 0.05) is 81.1 Å². The van der Waals surface area contributed by atoms with E-state index in [4.69, 9.17) is 9.84 Å². The van der Waals surface area contributed by atoms with Crippen LogP contribution in [0.1, 0.15) is 63.7 Å². The average Bonchev–Trinajstić information content (AvgIpc) is 3.42. The number of benzene rings is 1. The van der Waals surface area contributed by atoms with E-state index in [-0.39, 0.29) is 18.0 Å². The molecule has 11 heteroatoms. The van der Waals surface area contributed by atoms with Crippen molar-refractivity contribution in [2.45, 2.75) is 51.6 Å². The van der Waals surface area contributed by atoms with E-state index in [1.807, 2.05) is 17.9 Å². The highest BCUT2D eigenvalue weighted by molar-refractivity contribution is 5.93. The molecular weight excluding hydrogens is 532 g/mol. The number of aryl methyl sites for hydroxylation is 2. The third-order valence-electron chi connectivity index (χ3n) is 8.68. The Labute approximate surface area is 245 Å². The van der Waals surface area contributed by atoms with Gasteiger partial charge < -0.3 is 25.2 Å². The number of pyridine rings is 1. The van der Waals surface area contributed by atoms with Gasteiger partial charge in [-0.1, -0.05) is 0 Å². The van der Waals surface area contributed by atoms with Gasteiger partial charge in [0.25, 0.3) is 5.91 Å². The normalized spacial score (nSPS) is 16.8. The Bertz CT molecular complexity index is 1580. The monoisotopic (exact) mass is 568 g/mol. The van der Waals surface area contributed by atoms with Crippen LogP contribution < -0.4 is 15.5 Å². The van der Waals surface area contributed by atoms with Gasteiger partial charge in [-0.25, -0.2) is 4.79 Å². The molecule has 42 heavy (non-hydrogen) atoms. The topological polar surface area (TPSA) is 128 Å². The van der Waals surface area contributed by atoms with Crippen molar-refractivity contribution < 1.29 is 14.3 Å². The minimum Gasteiger partial charge on any atom is -0.381 e. The maximum Gasteiger partial charge on any atom is 0.317 e. The second-order valence-corrected chi connectivity index (χ2v) is 11.1. The van der Waals surface area contributed by atoms with Crippen LogP contribution in [0.25, 0.3) is 11.1 Å². The zero-order chi connectivity index (χ0) is 29.4. The van der Waals surface area contributed by atoms with Gasteiger partial charge in [0.15, 0.2) is 5.82 Å². The molecule has 0 aliphatic carbocycles. The summed E-state index contributed by atoms with van der Waals surface area (Å²) in [6, 6.07) is 8.41. The second-order valence-electron chi connectivity index (χ2n) is 11.1. The smallest absolute Gasteiger partial charge is 0.317 e. The van der Waals surface area contributed by atoms with Crippen LogP contribution in [0.15, 0.2) is 24.4 Å². The number of nitrogens with one attached hydrogen (secondary N) is 2. The SMILES string of the molecule is CNC(=O)c1cc(C)c(-c2cc3c(cc2C#N)N(c2nn(C4CCOCC4)c4c2CN(C(=O)NC)CC4)CCC3)cn1. The van der Waals surface area contributed by atoms with Crippen molar-refractivity contribution in [2.24, 2.45) is 0 Å². The van der Waals surface area contributed by atoms with Crippen molar-refractivity contribution in [1.82, 2.24) is 30.3 Å². The van der Waals surface area contributed by atoms with Gasteiger partial charge >= 0.3 is 6.03 Å². The molecule has 0 bridgehead atoms. The lowest BCUT2D eigenvalue weighted by Crippen LogP contribution is -2.42. The van der Waals surface area contributed by atoms with E-state index in [1.165, 1.54) is 5.69 Å². The maximum atomic E-state index is 12.6. The van der Waals surface area contributed by atoms with Gasteiger partial charge in [0.1, 0.15) is 5.69 Å². The fourth-order valence-corrected chi connectivity index (χ4v) is 6.47. The summed E-state index contributed by atoms with van der Waals surface area (Å²) in [7, 11) is 3.24. The molecule has 1 aromatic carbocycles. The molecule has 3 aliphatic heterocycles. The van der Waals surface area contributed by atoms with Gasteiger partial charge in [0.05, 0.1) is 24.2 Å². The zero-order valence-corrected chi connectivity index (χ0v) is 24.4. The number of rotatable bonds is 4. The van der Waals surface area contributed by atoms with E-state index in [1.54, 1.807) is 26.4 Å². The molecular formula is C31H36N8O3. The fraction of sp³-hybridized carbons (Fsp3) is 0.452. The Hall–Kier alpha value is -4.43. The highest BCUT2D eigenvalue weighted by atomic mass is 16.5. The average molecular weight is 569 g/mol. The molecule has 11 nitrogen and oxygen atoms in total. The summed E-state index contributed by atoms with van der Waals surface area (Å²) < 4.78 is 7.84. The summed E-state index contributed by atoms with van der Waals surface area (Å²) in [5.74, 6) is 0.625. The van der Waals surface area contributed by atoms with Gasteiger partial charge in [-0.3, -0.25) is 14.5 Å². The molecule has 3 aliphatic rings. The van der Waals surface area contributed by atoms with Crippen LogP contribution in [0.3, 0.4) is 0 Å². The van der Waals surface area contributed by atoms with Crippen LogP contribution in [0.2, 0.25) is 0 Å². The highest BCUT2D eigenvalue weighted by Crippen LogP contribution is 2.42. The molecule has 3 amide bonds. The third-order valence-corrected chi connectivity index (χ3v) is 8.68. The number of ether oxygens (including phenoxy) is 1. The lowest BCUT2D eigenvalue weighted by molar-refractivity contribution is 0.0651. The predicted octanol–water partition coefficient (Wildman–Crippen LogP) is 3.62. The third kappa shape index (κ3) is 4.86. The van der Waals surface area contributed by atoms with E-state index in [0.29, 0.717) is 24.3 Å². The number of nitriles is 1. The molecule has 6 rings (SSSR count). The van der Waals surface area contributed by atoms with Gasteiger partial charge in [-0.05, 0) is 61.9 Å². The van der Waals surface area contributed by atoms with Crippen LogP contribution in [-0.2, 0) is 24.1 Å². The molecule has 0 saturated carbocycles. The number of hydrogen-bond donors (Lipinski definition) is 2. The number of amides is 3. The van der Waals surface area contributed by atoms with Crippen LogP contribution in [0.4, 0.5) is 16.3 Å². The van der Waals surface area contributed by atoms with Crippen LogP contribution >= 0.6 is 0 Å². The summed E-state index contributed by atoms with van der Waals surface area (Å²) in [4.78, 5) is 33.2. The first-order valence-electron chi connectivity index (χ1n) is 14.6. The van der Waals surface area contributed by atoms with Crippen molar-refractivity contribution in [3.8, 4) is 17.2 Å². The Morgan fingerprint density at radius 1 is 1.07 bits per heavy atom. The van der Waals surface area contributed by atoms with E-state index in [9.17, 15) is 14.9 Å². The van der Waals surface area contributed by atoms with Crippen molar-refractivity contribution in [3.63, 3.8) is 0 Å². The van der Waals surface area contributed by atoms with Gasteiger partial charge in [-0.15, -0.1) is 0 Å². The summed E-state index contributed by atoms with van der Waals surface area (Å²) in [5, 5.41) is 20.9. The fourth-order valence-electron chi connectivity index (χ4n) is 6.47. The molecule has 1 saturated heterocycles. The van der Waals surface area contributed by atoms with Crippen LogP contribution in [0, 0.1) is 18.3 Å². The quantitative estimate of drug-likeness (QED) is 0.492. The molecule has 2 N–H and O–H groups in total. The number of aromatic nitrogens is 3. The number of urea groups is 1. The number of nitrogens with zero attached hydrogens (tertiary/aromatic N) is 6. The maximum absolute atomic E-state index is 12.6. The lowest BCUT2D eigenvalue weighted by Gasteiger charge is -2.33. The molecule has 218 valence electrons. The number of anilines is 2. The largest absolute Gasteiger partial charge is 0.381 e. The van der Waals surface area contributed by atoms with Crippen LogP contribution in [-0.4, -0.2) is 72.0 Å². The Morgan fingerprint density at radius 2 is 1.88 bits per heavy atom.